The Morgan fingerprint density at radius 3 is 2.85 bits per heavy atom. The molecule has 0 bridgehead atoms. The molecule has 2 aliphatic rings. The number of aromatic nitrogens is 3. The molecule has 4 rings (SSSR count). The lowest BCUT2D eigenvalue weighted by Crippen LogP contribution is -2.56. The molecule has 2 aromatic rings. The van der Waals surface area contributed by atoms with Crippen LogP contribution in [-0.4, -0.2) is 33.5 Å². The first kappa shape index (κ1) is 16.5. The number of pyridine rings is 1. The number of aryl methyl sites for hydroxylation is 1. The van der Waals surface area contributed by atoms with Crippen molar-refractivity contribution in [1.82, 2.24) is 25.2 Å². The molecule has 9 heteroatoms. The van der Waals surface area contributed by atoms with Crippen LogP contribution in [-0.2, 0) is 5.66 Å². The van der Waals surface area contributed by atoms with Crippen LogP contribution in [0.15, 0.2) is 17.2 Å². The number of nitrogens with two attached hydrogens (primary N) is 1. The van der Waals surface area contributed by atoms with Crippen molar-refractivity contribution in [1.29, 1.82) is 0 Å². The predicted molar refractivity (Wildman–Crippen MR) is 97.4 cm³/mol. The number of anilines is 3. The van der Waals surface area contributed by atoms with Crippen molar-refractivity contribution < 1.29 is 4.79 Å². The van der Waals surface area contributed by atoms with E-state index in [-0.39, 0.29) is 11.5 Å². The molecule has 1 saturated heterocycles. The quantitative estimate of drug-likeness (QED) is 0.612. The van der Waals surface area contributed by atoms with Gasteiger partial charge in [-0.15, -0.1) is 0 Å². The number of rotatable bonds is 2. The van der Waals surface area contributed by atoms with Crippen LogP contribution in [0, 0.1) is 13.8 Å². The highest BCUT2D eigenvalue weighted by molar-refractivity contribution is 5.97. The second-order valence-corrected chi connectivity index (χ2v) is 6.85. The van der Waals surface area contributed by atoms with Gasteiger partial charge in [-0.3, -0.25) is 14.2 Å². The number of hydrogen-bond acceptors (Lipinski definition) is 7. The summed E-state index contributed by atoms with van der Waals surface area (Å²) in [7, 11) is 0. The molecule has 0 aliphatic carbocycles. The molecule has 0 aromatic carbocycles. The van der Waals surface area contributed by atoms with Crippen LogP contribution in [0.1, 0.15) is 34.5 Å². The number of piperidine rings is 1. The molecular formula is C17H21N7O2. The van der Waals surface area contributed by atoms with Gasteiger partial charge in [-0.1, -0.05) is 0 Å². The summed E-state index contributed by atoms with van der Waals surface area (Å²) in [6.07, 6.45) is 2.94. The highest BCUT2D eigenvalue weighted by Crippen LogP contribution is 2.31. The summed E-state index contributed by atoms with van der Waals surface area (Å²) in [6.45, 7) is 5.01. The van der Waals surface area contributed by atoms with Crippen molar-refractivity contribution in [2.24, 2.45) is 0 Å². The molecule has 1 atom stereocenters. The molecule has 4 heterocycles. The van der Waals surface area contributed by atoms with Crippen molar-refractivity contribution >= 4 is 23.2 Å². The Morgan fingerprint density at radius 1 is 1.31 bits per heavy atom. The number of fused-ring (bicyclic) bond motifs is 2. The summed E-state index contributed by atoms with van der Waals surface area (Å²) in [5.74, 6) is 0.616. The molecule has 136 valence electrons. The Bertz CT molecular complexity index is 960. The zero-order valence-electron chi connectivity index (χ0n) is 14.7. The first-order valence-electron chi connectivity index (χ1n) is 8.57. The third kappa shape index (κ3) is 2.35. The SMILES string of the molecule is Cc1cc(Nc2ncnc(N)c2C)c(=O)n2c1C(=O)N[C@]21CCCNC1. The van der Waals surface area contributed by atoms with Gasteiger partial charge in [0, 0.05) is 12.1 Å². The van der Waals surface area contributed by atoms with E-state index in [9.17, 15) is 9.59 Å². The highest BCUT2D eigenvalue weighted by atomic mass is 16.2. The van der Waals surface area contributed by atoms with E-state index in [4.69, 9.17) is 5.73 Å². The first-order valence-corrected chi connectivity index (χ1v) is 8.57. The van der Waals surface area contributed by atoms with Gasteiger partial charge in [-0.25, -0.2) is 9.97 Å². The minimum Gasteiger partial charge on any atom is -0.383 e. The van der Waals surface area contributed by atoms with E-state index in [1.54, 1.807) is 17.6 Å². The molecule has 26 heavy (non-hydrogen) atoms. The van der Waals surface area contributed by atoms with Crippen molar-refractivity contribution in [3.05, 3.63) is 39.6 Å². The summed E-state index contributed by atoms with van der Waals surface area (Å²) in [5, 5.41) is 9.36. The summed E-state index contributed by atoms with van der Waals surface area (Å²) >= 11 is 0. The molecule has 1 fully saturated rings. The van der Waals surface area contributed by atoms with Crippen LogP contribution >= 0.6 is 0 Å². The molecule has 0 unspecified atom stereocenters. The summed E-state index contributed by atoms with van der Waals surface area (Å²) < 4.78 is 1.60. The van der Waals surface area contributed by atoms with Gasteiger partial charge in [0.05, 0.1) is 0 Å². The minimum atomic E-state index is -0.718. The average molecular weight is 355 g/mol. The van der Waals surface area contributed by atoms with Gasteiger partial charge in [0.2, 0.25) is 0 Å². The Morgan fingerprint density at radius 2 is 2.12 bits per heavy atom. The Hall–Kier alpha value is -2.94. The molecule has 1 spiro atoms. The van der Waals surface area contributed by atoms with Gasteiger partial charge in [0.15, 0.2) is 0 Å². The lowest BCUT2D eigenvalue weighted by atomic mass is 10.00. The molecule has 2 aliphatic heterocycles. The summed E-state index contributed by atoms with van der Waals surface area (Å²) in [4.78, 5) is 33.9. The van der Waals surface area contributed by atoms with Crippen LogP contribution in [0.2, 0.25) is 0 Å². The highest BCUT2D eigenvalue weighted by Gasteiger charge is 2.45. The predicted octanol–water partition coefficient (Wildman–Crippen LogP) is 0.361. The van der Waals surface area contributed by atoms with Crippen LogP contribution in [0.25, 0.3) is 0 Å². The van der Waals surface area contributed by atoms with E-state index in [0.717, 1.165) is 18.5 Å². The molecular weight excluding hydrogens is 334 g/mol. The summed E-state index contributed by atoms with van der Waals surface area (Å²) in [6, 6.07) is 1.68. The normalized spacial score (nSPS) is 21.5. The smallest absolute Gasteiger partial charge is 0.276 e. The Balaban J connectivity index is 1.86. The number of carbonyl (C=O) groups excluding carboxylic acids is 1. The van der Waals surface area contributed by atoms with Crippen LogP contribution in [0.3, 0.4) is 0 Å². The van der Waals surface area contributed by atoms with Crippen LogP contribution in [0.4, 0.5) is 17.3 Å². The fourth-order valence-corrected chi connectivity index (χ4v) is 3.75. The number of nitrogens with zero attached hydrogens (tertiary/aromatic N) is 3. The molecule has 0 radical (unpaired) electrons. The van der Waals surface area contributed by atoms with Gasteiger partial charge in [0.1, 0.15) is 35.0 Å². The maximum atomic E-state index is 13.2. The van der Waals surface area contributed by atoms with Crippen molar-refractivity contribution in [2.75, 3.05) is 24.1 Å². The molecule has 2 aromatic heterocycles. The van der Waals surface area contributed by atoms with E-state index in [1.807, 2.05) is 6.92 Å². The lowest BCUT2D eigenvalue weighted by molar-refractivity contribution is 0.0892. The van der Waals surface area contributed by atoms with Gasteiger partial charge >= 0.3 is 0 Å². The first-order chi connectivity index (χ1) is 12.4. The van der Waals surface area contributed by atoms with Gasteiger partial charge in [0.25, 0.3) is 11.5 Å². The molecule has 1 amide bonds. The third-order valence-electron chi connectivity index (χ3n) is 5.12. The van der Waals surface area contributed by atoms with E-state index < -0.39 is 5.66 Å². The topological polar surface area (TPSA) is 127 Å². The zero-order valence-corrected chi connectivity index (χ0v) is 14.7. The van der Waals surface area contributed by atoms with E-state index >= 15 is 0 Å². The average Bonchev–Trinajstić information content (AvgIpc) is 2.89. The van der Waals surface area contributed by atoms with Crippen LogP contribution in [0.5, 0.6) is 0 Å². The van der Waals surface area contributed by atoms with Crippen molar-refractivity contribution in [3.63, 3.8) is 0 Å². The van der Waals surface area contributed by atoms with E-state index in [2.05, 4.69) is 25.9 Å². The Labute approximate surface area is 150 Å². The monoisotopic (exact) mass is 355 g/mol. The largest absolute Gasteiger partial charge is 0.383 e. The number of amides is 1. The Kier molecular flexibility index (Phi) is 3.69. The van der Waals surface area contributed by atoms with Gasteiger partial charge < -0.3 is 21.7 Å². The van der Waals surface area contributed by atoms with Crippen molar-refractivity contribution in [2.45, 2.75) is 32.4 Å². The second-order valence-electron chi connectivity index (χ2n) is 6.85. The zero-order chi connectivity index (χ0) is 18.5. The standard InChI is InChI=1S/C17H21N7O2/c1-9-6-11(22-14-10(2)13(18)20-8-21-14)16(26)24-12(9)15(25)23-17(24)4-3-5-19-7-17/h6,8,19H,3-5,7H2,1-2H3,(H,23,25)(H3,18,20,21,22)/t17-/m1/s1. The minimum absolute atomic E-state index is 0.211. The second kappa shape index (κ2) is 5.80. The molecule has 5 N–H and O–H groups in total. The number of carbonyl (C=O) groups is 1. The molecule has 0 saturated carbocycles. The third-order valence-corrected chi connectivity index (χ3v) is 5.12. The fourth-order valence-electron chi connectivity index (χ4n) is 3.75. The number of nitrogen functional groups attached to an aromatic ring is 1. The maximum absolute atomic E-state index is 13.2. The summed E-state index contributed by atoms with van der Waals surface area (Å²) in [5.41, 5.74) is 7.02. The lowest BCUT2D eigenvalue weighted by Gasteiger charge is -2.35. The van der Waals surface area contributed by atoms with Gasteiger partial charge in [-0.2, -0.15) is 0 Å². The van der Waals surface area contributed by atoms with Crippen molar-refractivity contribution in [3.8, 4) is 0 Å². The molecule has 9 nitrogen and oxygen atoms in total. The van der Waals surface area contributed by atoms with Gasteiger partial charge in [-0.05, 0) is 44.9 Å². The number of nitrogens with one attached hydrogen (secondary N) is 3. The van der Waals surface area contributed by atoms with E-state index in [1.165, 1.54) is 6.33 Å². The van der Waals surface area contributed by atoms with Crippen LogP contribution < -0.4 is 27.2 Å². The van der Waals surface area contributed by atoms with E-state index in [0.29, 0.717) is 41.5 Å². The number of hydrogen-bond donors (Lipinski definition) is 4. The maximum Gasteiger partial charge on any atom is 0.276 e. The fraction of sp³-hybridized carbons (Fsp3) is 0.412.